The summed E-state index contributed by atoms with van der Waals surface area (Å²) >= 11 is -2.26. The first-order chi connectivity index (χ1) is 3.42. The Bertz CT molecular complexity index is 97.2. The molecule has 0 saturated heterocycles. The van der Waals surface area contributed by atoms with E-state index < -0.39 is 22.6 Å². The smallest absolute Gasteiger partial charge is 0.121 e. The van der Waals surface area contributed by atoms with Gasteiger partial charge in [0, 0.05) is 0 Å². The Morgan fingerprint density at radius 3 is 2.38 bits per heavy atom. The maximum absolute atomic E-state index is 9.77. The van der Waals surface area contributed by atoms with Gasteiger partial charge >= 0.3 is 0 Å². The SMILES string of the molecule is CC(N)(O)CS(=O)[O-]. The third-order valence-electron chi connectivity index (χ3n) is 0.410. The summed E-state index contributed by atoms with van der Waals surface area (Å²) in [5.41, 5.74) is 3.31. The first kappa shape index (κ1) is 8.03. The van der Waals surface area contributed by atoms with Gasteiger partial charge in [-0.05, 0) is 6.92 Å². The second-order valence-corrected chi connectivity index (χ2v) is 2.70. The van der Waals surface area contributed by atoms with Crippen molar-refractivity contribution in [3.8, 4) is 0 Å². The van der Waals surface area contributed by atoms with Gasteiger partial charge in [-0.1, -0.05) is 11.1 Å². The fourth-order valence-electron chi connectivity index (χ4n) is 0.239. The van der Waals surface area contributed by atoms with E-state index in [1.54, 1.807) is 0 Å². The van der Waals surface area contributed by atoms with Crippen molar-refractivity contribution in [2.45, 2.75) is 12.6 Å². The molecule has 2 atom stereocenters. The van der Waals surface area contributed by atoms with Crippen molar-refractivity contribution in [1.82, 2.24) is 0 Å². The summed E-state index contributed by atoms with van der Waals surface area (Å²) in [7, 11) is 0. The summed E-state index contributed by atoms with van der Waals surface area (Å²) in [5, 5.41) is 8.57. The van der Waals surface area contributed by atoms with E-state index in [-0.39, 0.29) is 0 Å². The number of nitrogens with two attached hydrogens (primary N) is 1. The Kier molecular flexibility index (Phi) is 2.55. The molecule has 0 aliphatic heterocycles. The molecule has 0 radical (unpaired) electrons. The highest BCUT2D eigenvalue weighted by atomic mass is 32.2. The number of hydrogen-bond acceptors (Lipinski definition) is 4. The van der Waals surface area contributed by atoms with E-state index >= 15 is 0 Å². The van der Waals surface area contributed by atoms with Crippen LogP contribution in [0.1, 0.15) is 6.92 Å². The second-order valence-electron chi connectivity index (χ2n) is 1.81. The van der Waals surface area contributed by atoms with Gasteiger partial charge in [-0.15, -0.1) is 0 Å². The molecular formula is C3H8NO3S-. The lowest BCUT2D eigenvalue weighted by molar-refractivity contribution is 0.0909. The molecule has 0 heterocycles. The lowest BCUT2D eigenvalue weighted by atomic mass is 10.3. The summed E-state index contributed by atoms with van der Waals surface area (Å²) in [6.07, 6.45) is 0. The second kappa shape index (κ2) is 2.54. The summed E-state index contributed by atoms with van der Waals surface area (Å²) in [4.78, 5) is 0. The summed E-state index contributed by atoms with van der Waals surface area (Å²) < 4.78 is 19.5. The molecular weight excluding hydrogens is 130 g/mol. The maximum atomic E-state index is 9.77. The van der Waals surface area contributed by atoms with E-state index in [9.17, 15) is 8.76 Å². The first-order valence-electron chi connectivity index (χ1n) is 1.99. The van der Waals surface area contributed by atoms with Crippen LogP contribution in [0.3, 0.4) is 0 Å². The minimum absolute atomic E-state index is 0.424. The Labute approximate surface area is 50.0 Å². The van der Waals surface area contributed by atoms with Gasteiger partial charge in [-0.3, -0.25) is 4.21 Å². The van der Waals surface area contributed by atoms with Gasteiger partial charge in [0.25, 0.3) is 0 Å². The molecule has 0 aliphatic carbocycles. The third-order valence-corrected chi connectivity index (χ3v) is 1.23. The molecule has 8 heavy (non-hydrogen) atoms. The van der Waals surface area contributed by atoms with Crippen molar-refractivity contribution in [2.75, 3.05) is 5.75 Å². The molecule has 3 N–H and O–H groups in total. The van der Waals surface area contributed by atoms with Crippen molar-refractivity contribution in [2.24, 2.45) is 5.73 Å². The molecule has 0 bridgehead atoms. The Morgan fingerprint density at radius 1 is 2.00 bits per heavy atom. The van der Waals surface area contributed by atoms with E-state index in [1.165, 1.54) is 6.92 Å². The minimum atomic E-state index is -2.26. The minimum Gasteiger partial charge on any atom is -0.772 e. The molecule has 0 spiro atoms. The van der Waals surface area contributed by atoms with Gasteiger partial charge in [-0.2, -0.15) is 0 Å². The van der Waals surface area contributed by atoms with Crippen LogP contribution in [-0.2, 0) is 11.1 Å². The van der Waals surface area contributed by atoms with Crippen LogP contribution in [-0.4, -0.2) is 25.3 Å². The van der Waals surface area contributed by atoms with Crippen molar-refractivity contribution in [3.63, 3.8) is 0 Å². The van der Waals surface area contributed by atoms with Crippen molar-refractivity contribution in [3.05, 3.63) is 0 Å². The zero-order valence-electron chi connectivity index (χ0n) is 4.46. The van der Waals surface area contributed by atoms with Crippen LogP contribution < -0.4 is 5.73 Å². The van der Waals surface area contributed by atoms with Crippen LogP contribution in [0.2, 0.25) is 0 Å². The van der Waals surface area contributed by atoms with Gasteiger partial charge in [0.1, 0.15) is 5.72 Å². The number of hydrogen-bond donors (Lipinski definition) is 2. The molecule has 0 aliphatic rings. The quantitative estimate of drug-likeness (QED) is 0.360. The van der Waals surface area contributed by atoms with Gasteiger partial charge < -0.3 is 15.4 Å². The maximum Gasteiger partial charge on any atom is 0.121 e. The predicted molar refractivity (Wildman–Crippen MR) is 28.6 cm³/mol. The van der Waals surface area contributed by atoms with Crippen LogP contribution >= 0.6 is 0 Å². The van der Waals surface area contributed by atoms with E-state index in [2.05, 4.69) is 0 Å². The lowest BCUT2D eigenvalue weighted by Crippen LogP contribution is -2.41. The standard InChI is InChI=1S/C3H9NO3S/c1-3(4,5)2-8(6)7/h5H,2,4H2,1H3,(H,6,7)/p-1. The average Bonchev–Trinajstić information content (AvgIpc) is 1.21. The van der Waals surface area contributed by atoms with E-state index in [0.717, 1.165) is 0 Å². The number of aliphatic hydroxyl groups is 1. The van der Waals surface area contributed by atoms with Crippen LogP contribution in [0.5, 0.6) is 0 Å². The van der Waals surface area contributed by atoms with E-state index in [0.29, 0.717) is 0 Å². The van der Waals surface area contributed by atoms with E-state index in [4.69, 9.17) is 10.8 Å². The Hall–Kier alpha value is 0.0300. The lowest BCUT2D eigenvalue weighted by Gasteiger charge is -2.17. The van der Waals surface area contributed by atoms with Gasteiger partial charge in [-0.25, -0.2) is 0 Å². The van der Waals surface area contributed by atoms with Gasteiger partial charge in [0.05, 0.1) is 5.75 Å². The molecule has 0 amide bonds. The molecule has 5 heteroatoms. The van der Waals surface area contributed by atoms with Gasteiger partial charge in [0.2, 0.25) is 0 Å². The molecule has 0 saturated carbocycles. The summed E-state index contributed by atoms with van der Waals surface area (Å²) in [6.45, 7) is 1.23. The largest absolute Gasteiger partial charge is 0.772 e. The molecule has 50 valence electrons. The van der Waals surface area contributed by atoms with Crippen LogP contribution in [0.4, 0.5) is 0 Å². The average molecular weight is 138 g/mol. The molecule has 0 aromatic carbocycles. The summed E-state index contributed by atoms with van der Waals surface area (Å²) in [5.74, 6) is -0.424. The highest BCUT2D eigenvalue weighted by Gasteiger charge is 2.11. The van der Waals surface area contributed by atoms with Crippen molar-refractivity contribution >= 4 is 11.1 Å². The molecule has 0 aromatic heterocycles. The Morgan fingerprint density at radius 2 is 2.38 bits per heavy atom. The van der Waals surface area contributed by atoms with Crippen molar-refractivity contribution < 1.29 is 13.9 Å². The Balaban J connectivity index is 3.55. The van der Waals surface area contributed by atoms with Gasteiger partial charge in [0.15, 0.2) is 0 Å². The highest BCUT2D eigenvalue weighted by Crippen LogP contribution is 1.92. The van der Waals surface area contributed by atoms with E-state index in [1.807, 2.05) is 0 Å². The third kappa shape index (κ3) is 6.03. The molecule has 0 fully saturated rings. The number of rotatable bonds is 2. The normalized spacial score (nSPS) is 22.0. The van der Waals surface area contributed by atoms with Crippen LogP contribution in [0.15, 0.2) is 0 Å². The molecule has 0 aromatic rings. The molecule has 0 rings (SSSR count). The zero-order chi connectivity index (χ0) is 6.78. The molecule has 4 nitrogen and oxygen atoms in total. The topological polar surface area (TPSA) is 86.4 Å². The fraction of sp³-hybridized carbons (Fsp3) is 1.00. The van der Waals surface area contributed by atoms with Crippen LogP contribution in [0, 0.1) is 0 Å². The summed E-state index contributed by atoms with van der Waals surface area (Å²) in [6, 6.07) is 0. The first-order valence-corrected chi connectivity index (χ1v) is 3.23. The monoisotopic (exact) mass is 138 g/mol. The van der Waals surface area contributed by atoms with Crippen LogP contribution in [0.25, 0.3) is 0 Å². The molecule has 2 unspecified atom stereocenters. The van der Waals surface area contributed by atoms with Crippen molar-refractivity contribution in [1.29, 1.82) is 0 Å². The fourth-order valence-corrected chi connectivity index (χ4v) is 0.716. The highest BCUT2D eigenvalue weighted by molar-refractivity contribution is 7.79. The zero-order valence-corrected chi connectivity index (χ0v) is 5.27. The predicted octanol–water partition coefficient (Wildman–Crippen LogP) is -1.47.